The second-order valence-corrected chi connectivity index (χ2v) is 5.26. The SMILES string of the molecule is CC(=O)c1ccc(NC(=O)c2cn(C)c3ccccc23)cc1. The molecule has 1 heterocycles. The predicted octanol–water partition coefficient (Wildman–Crippen LogP) is 3.63. The number of nitrogens with zero attached hydrogens (tertiary/aromatic N) is 1. The summed E-state index contributed by atoms with van der Waals surface area (Å²) in [5.41, 5.74) is 2.94. The molecule has 3 rings (SSSR count). The fourth-order valence-corrected chi connectivity index (χ4v) is 2.51. The largest absolute Gasteiger partial charge is 0.350 e. The Morgan fingerprint density at radius 1 is 1.00 bits per heavy atom. The Balaban J connectivity index is 1.89. The number of para-hydroxylation sites is 1. The molecule has 4 heteroatoms. The van der Waals surface area contributed by atoms with E-state index in [1.807, 2.05) is 42.1 Å². The summed E-state index contributed by atoms with van der Waals surface area (Å²) in [7, 11) is 1.92. The number of nitrogens with one attached hydrogen (secondary N) is 1. The molecular formula is C18H16N2O2. The van der Waals surface area contributed by atoms with Crippen molar-refractivity contribution in [1.82, 2.24) is 4.57 Å². The standard InChI is InChI=1S/C18H16N2O2/c1-12(21)13-7-9-14(10-8-13)19-18(22)16-11-20(2)17-6-4-3-5-15(16)17/h3-11H,1-2H3,(H,19,22). The number of aryl methyl sites for hydroxylation is 1. The van der Waals surface area contributed by atoms with Gasteiger partial charge in [-0.25, -0.2) is 0 Å². The van der Waals surface area contributed by atoms with Crippen LogP contribution in [0, 0.1) is 0 Å². The van der Waals surface area contributed by atoms with Crippen molar-refractivity contribution in [3.63, 3.8) is 0 Å². The van der Waals surface area contributed by atoms with E-state index in [9.17, 15) is 9.59 Å². The van der Waals surface area contributed by atoms with E-state index < -0.39 is 0 Å². The van der Waals surface area contributed by atoms with Crippen LogP contribution in [0.1, 0.15) is 27.6 Å². The number of rotatable bonds is 3. The summed E-state index contributed by atoms with van der Waals surface area (Å²) in [6, 6.07) is 14.7. The topological polar surface area (TPSA) is 51.1 Å². The molecule has 0 saturated heterocycles. The van der Waals surface area contributed by atoms with Gasteiger partial charge in [0.25, 0.3) is 5.91 Å². The zero-order valence-corrected chi connectivity index (χ0v) is 12.5. The average Bonchev–Trinajstić information content (AvgIpc) is 2.86. The predicted molar refractivity (Wildman–Crippen MR) is 87.3 cm³/mol. The lowest BCUT2D eigenvalue weighted by atomic mass is 10.1. The van der Waals surface area contributed by atoms with E-state index in [1.165, 1.54) is 6.92 Å². The highest BCUT2D eigenvalue weighted by Gasteiger charge is 2.13. The van der Waals surface area contributed by atoms with Crippen LogP contribution in [0.25, 0.3) is 10.9 Å². The highest BCUT2D eigenvalue weighted by atomic mass is 16.1. The summed E-state index contributed by atoms with van der Waals surface area (Å²) >= 11 is 0. The first-order chi connectivity index (χ1) is 10.6. The molecule has 0 radical (unpaired) electrons. The van der Waals surface area contributed by atoms with Crippen molar-refractivity contribution in [3.8, 4) is 0 Å². The Morgan fingerprint density at radius 3 is 2.36 bits per heavy atom. The second kappa shape index (κ2) is 5.48. The normalized spacial score (nSPS) is 10.6. The molecule has 0 unspecified atom stereocenters. The molecule has 0 fully saturated rings. The van der Waals surface area contributed by atoms with E-state index >= 15 is 0 Å². The van der Waals surface area contributed by atoms with Crippen molar-refractivity contribution in [1.29, 1.82) is 0 Å². The van der Waals surface area contributed by atoms with E-state index in [1.54, 1.807) is 24.3 Å². The zero-order valence-electron chi connectivity index (χ0n) is 12.5. The number of Topliss-reactive ketones (excluding diaryl/α,β-unsaturated/α-hetero) is 1. The number of carbonyl (C=O) groups is 2. The molecule has 2 aromatic carbocycles. The molecule has 4 nitrogen and oxygen atoms in total. The van der Waals surface area contributed by atoms with Gasteiger partial charge in [-0.05, 0) is 37.3 Å². The minimum absolute atomic E-state index is 0.00642. The van der Waals surface area contributed by atoms with Gasteiger partial charge in [0.05, 0.1) is 5.56 Å². The van der Waals surface area contributed by atoms with E-state index in [0.29, 0.717) is 16.8 Å². The van der Waals surface area contributed by atoms with Gasteiger partial charge in [0, 0.05) is 35.4 Å². The van der Waals surface area contributed by atoms with Crippen LogP contribution in [0.5, 0.6) is 0 Å². The minimum atomic E-state index is -0.160. The van der Waals surface area contributed by atoms with Gasteiger partial charge in [-0.3, -0.25) is 9.59 Å². The molecule has 0 atom stereocenters. The highest BCUT2D eigenvalue weighted by Crippen LogP contribution is 2.21. The molecular weight excluding hydrogens is 276 g/mol. The molecule has 3 aromatic rings. The smallest absolute Gasteiger partial charge is 0.257 e. The molecule has 0 aliphatic rings. The third-order valence-corrected chi connectivity index (χ3v) is 3.69. The maximum absolute atomic E-state index is 12.5. The highest BCUT2D eigenvalue weighted by molar-refractivity contribution is 6.13. The number of hydrogen-bond acceptors (Lipinski definition) is 2. The van der Waals surface area contributed by atoms with Crippen LogP contribution in [-0.4, -0.2) is 16.3 Å². The number of carbonyl (C=O) groups excluding carboxylic acids is 2. The van der Waals surface area contributed by atoms with Crippen LogP contribution < -0.4 is 5.32 Å². The van der Waals surface area contributed by atoms with E-state index in [4.69, 9.17) is 0 Å². The number of aromatic nitrogens is 1. The maximum atomic E-state index is 12.5. The lowest BCUT2D eigenvalue weighted by Crippen LogP contribution is -2.11. The van der Waals surface area contributed by atoms with Crippen molar-refractivity contribution in [3.05, 3.63) is 65.9 Å². The van der Waals surface area contributed by atoms with Crippen molar-refractivity contribution in [2.75, 3.05) is 5.32 Å². The average molecular weight is 292 g/mol. The molecule has 0 saturated carbocycles. The van der Waals surface area contributed by atoms with Gasteiger partial charge in [-0.15, -0.1) is 0 Å². The molecule has 22 heavy (non-hydrogen) atoms. The molecule has 0 aliphatic heterocycles. The first-order valence-electron chi connectivity index (χ1n) is 7.02. The fourth-order valence-electron chi connectivity index (χ4n) is 2.51. The number of ketones is 1. The van der Waals surface area contributed by atoms with Gasteiger partial charge in [0.2, 0.25) is 0 Å². The summed E-state index contributed by atoms with van der Waals surface area (Å²) in [6.45, 7) is 1.52. The number of anilines is 1. The van der Waals surface area contributed by atoms with Crippen LogP contribution in [0.3, 0.4) is 0 Å². The quantitative estimate of drug-likeness (QED) is 0.749. The van der Waals surface area contributed by atoms with E-state index in [-0.39, 0.29) is 11.7 Å². The lowest BCUT2D eigenvalue weighted by Gasteiger charge is -2.05. The summed E-state index contributed by atoms with van der Waals surface area (Å²) in [6.07, 6.45) is 1.82. The summed E-state index contributed by atoms with van der Waals surface area (Å²) < 4.78 is 1.93. The van der Waals surface area contributed by atoms with Crippen LogP contribution >= 0.6 is 0 Å². The summed E-state index contributed by atoms with van der Waals surface area (Å²) in [5, 5.41) is 3.79. The maximum Gasteiger partial charge on any atom is 0.257 e. The Morgan fingerprint density at radius 2 is 1.68 bits per heavy atom. The summed E-state index contributed by atoms with van der Waals surface area (Å²) in [4.78, 5) is 23.7. The zero-order chi connectivity index (χ0) is 15.7. The van der Waals surface area contributed by atoms with Crippen molar-refractivity contribution in [2.24, 2.45) is 7.05 Å². The minimum Gasteiger partial charge on any atom is -0.350 e. The number of benzene rings is 2. The molecule has 0 bridgehead atoms. The Bertz CT molecular complexity index is 860. The van der Waals surface area contributed by atoms with Crippen LogP contribution in [0.15, 0.2) is 54.7 Å². The van der Waals surface area contributed by atoms with E-state index in [0.717, 1.165) is 10.9 Å². The van der Waals surface area contributed by atoms with Crippen molar-refractivity contribution < 1.29 is 9.59 Å². The van der Waals surface area contributed by atoms with Crippen LogP contribution in [-0.2, 0) is 7.05 Å². The van der Waals surface area contributed by atoms with Gasteiger partial charge in [0.15, 0.2) is 5.78 Å². The molecule has 1 N–H and O–H groups in total. The van der Waals surface area contributed by atoms with Crippen molar-refractivity contribution >= 4 is 28.3 Å². The van der Waals surface area contributed by atoms with Crippen LogP contribution in [0.2, 0.25) is 0 Å². The lowest BCUT2D eigenvalue weighted by molar-refractivity contribution is 0.101. The van der Waals surface area contributed by atoms with Gasteiger partial charge in [0.1, 0.15) is 0 Å². The van der Waals surface area contributed by atoms with Crippen molar-refractivity contribution in [2.45, 2.75) is 6.92 Å². The first-order valence-corrected chi connectivity index (χ1v) is 7.02. The summed E-state index contributed by atoms with van der Waals surface area (Å²) in [5.74, 6) is -0.153. The van der Waals surface area contributed by atoms with Gasteiger partial charge < -0.3 is 9.88 Å². The van der Waals surface area contributed by atoms with Gasteiger partial charge in [-0.1, -0.05) is 18.2 Å². The number of amides is 1. The molecule has 1 amide bonds. The third-order valence-electron chi connectivity index (χ3n) is 3.69. The first kappa shape index (κ1) is 14.1. The molecule has 0 spiro atoms. The molecule has 0 aliphatic carbocycles. The van der Waals surface area contributed by atoms with Crippen LogP contribution in [0.4, 0.5) is 5.69 Å². The monoisotopic (exact) mass is 292 g/mol. The molecule has 1 aromatic heterocycles. The third kappa shape index (κ3) is 2.51. The Kier molecular flexibility index (Phi) is 3.51. The van der Waals surface area contributed by atoms with Gasteiger partial charge in [-0.2, -0.15) is 0 Å². The van der Waals surface area contributed by atoms with E-state index in [2.05, 4.69) is 5.32 Å². The van der Waals surface area contributed by atoms with Gasteiger partial charge >= 0.3 is 0 Å². The molecule has 110 valence electrons. The fraction of sp³-hybridized carbons (Fsp3) is 0.111. The second-order valence-electron chi connectivity index (χ2n) is 5.26. The number of hydrogen-bond donors (Lipinski definition) is 1. The Labute approximate surface area is 128 Å². The number of fused-ring (bicyclic) bond motifs is 1. The Hall–Kier alpha value is -2.88.